The molecule has 1 unspecified atom stereocenters. The van der Waals surface area contributed by atoms with Crippen LogP contribution in [0, 0.1) is 0 Å². The van der Waals surface area contributed by atoms with Crippen molar-refractivity contribution in [1.29, 1.82) is 0 Å². The van der Waals surface area contributed by atoms with E-state index in [0.717, 1.165) is 128 Å². The zero-order valence-corrected chi connectivity index (χ0v) is 41.3. The van der Waals surface area contributed by atoms with Crippen LogP contribution in [0.4, 0.5) is 0 Å². The van der Waals surface area contributed by atoms with Gasteiger partial charge >= 0.3 is 17.9 Å². The second-order valence-corrected chi connectivity index (χ2v) is 16.7. The van der Waals surface area contributed by atoms with E-state index in [1.807, 2.05) is 0 Å². The summed E-state index contributed by atoms with van der Waals surface area (Å²) >= 11 is 0. The van der Waals surface area contributed by atoms with Crippen LogP contribution in [0.3, 0.4) is 0 Å². The van der Waals surface area contributed by atoms with Crippen LogP contribution in [0.5, 0.6) is 0 Å². The van der Waals surface area contributed by atoms with E-state index >= 15 is 0 Å². The summed E-state index contributed by atoms with van der Waals surface area (Å²) in [7, 11) is 0. The Labute approximate surface area is 393 Å². The van der Waals surface area contributed by atoms with E-state index in [1.165, 1.54) is 51.4 Å². The molecule has 0 heterocycles. The van der Waals surface area contributed by atoms with Gasteiger partial charge in [-0.2, -0.15) is 0 Å². The Hall–Kier alpha value is -3.93. The first-order valence-electron chi connectivity index (χ1n) is 25.9. The number of rotatable bonds is 45. The van der Waals surface area contributed by atoms with Crippen molar-refractivity contribution in [2.24, 2.45) is 0 Å². The van der Waals surface area contributed by atoms with Crippen LogP contribution < -0.4 is 0 Å². The van der Waals surface area contributed by atoms with E-state index in [1.54, 1.807) is 0 Å². The number of ether oxygens (including phenoxy) is 3. The molecule has 0 aromatic rings. The molecule has 1 atom stereocenters. The molecule has 0 fully saturated rings. The van der Waals surface area contributed by atoms with Gasteiger partial charge in [-0.05, 0) is 103 Å². The smallest absolute Gasteiger partial charge is 0.306 e. The Morgan fingerprint density at radius 1 is 0.328 bits per heavy atom. The van der Waals surface area contributed by atoms with Crippen molar-refractivity contribution in [2.75, 3.05) is 13.2 Å². The minimum absolute atomic E-state index is 0.102. The highest BCUT2D eigenvalue weighted by molar-refractivity contribution is 5.71. The maximum atomic E-state index is 12.8. The summed E-state index contributed by atoms with van der Waals surface area (Å²) in [5.74, 6) is -0.973. The molecule has 0 rings (SSSR count). The van der Waals surface area contributed by atoms with Gasteiger partial charge in [-0.1, -0.05) is 207 Å². The summed E-state index contributed by atoms with van der Waals surface area (Å²) < 4.78 is 16.7. The summed E-state index contributed by atoms with van der Waals surface area (Å²) in [4.78, 5) is 38.0. The fourth-order valence-electron chi connectivity index (χ4n) is 6.69. The van der Waals surface area contributed by atoms with Gasteiger partial charge in [-0.15, -0.1) is 0 Å². The zero-order valence-electron chi connectivity index (χ0n) is 41.3. The van der Waals surface area contributed by atoms with Gasteiger partial charge in [0.2, 0.25) is 0 Å². The monoisotopic (exact) mass is 887 g/mol. The number of carbonyl (C=O) groups is 3. The van der Waals surface area contributed by atoms with E-state index in [9.17, 15) is 14.4 Å². The SMILES string of the molecule is CC/C=C\C/C=C\C/C=C\C/C=C\C/C=C\CCCCCC(=O)OCC(COC(=O)CCCCCCCCCCCCC)OC(=O)CCCCC/C=C\C/C=C\C/C=C\C/C=C\CC. The average molecular weight is 887 g/mol. The fourth-order valence-corrected chi connectivity index (χ4v) is 6.69. The van der Waals surface area contributed by atoms with Crippen molar-refractivity contribution in [2.45, 2.75) is 226 Å². The lowest BCUT2D eigenvalue weighted by atomic mass is 10.1. The third-order valence-corrected chi connectivity index (χ3v) is 10.5. The molecule has 0 bridgehead atoms. The largest absolute Gasteiger partial charge is 0.462 e. The minimum atomic E-state index is -0.808. The zero-order chi connectivity index (χ0) is 46.5. The number of unbranched alkanes of at least 4 members (excludes halogenated alkanes) is 16. The Morgan fingerprint density at radius 2 is 0.609 bits per heavy atom. The summed E-state index contributed by atoms with van der Waals surface area (Å²) in [6.07, 6.45) is 69.3. The van der Waals surface area contributed by atoms with Gasteiger partial charge < -0.3 is 14.2 Å². The van der Waals surface area contributed by atoms with Crippen LogP contribution >= 0.6 is 0 Å². The first kappa shape index (κ1) is 60.1. The summed E-state index contributed by atoms with van der Waals surface area (Å²) in [6, 6.07) is 0. The standard InChI is InChI=1S/C58H94O6/c1-4-7-10-13-16-19-22-24-26-28-29-30-32-33-36-39-42-45-48-51-57(60)63-54-55(53-62-56(59)50-47-44-41-38-35-21-18-15-12-9-6-3)64-58(61)52-49-46-43-40-37-34-31-27-25-23-20-17-14-11-8-5-2/h7-8,10-11,16-17,19-20,24-27,29-30,33-34,36-37,55H,4-6,9,12-15,18,21-23,28,31-32,35,38-54H2,1-3H3/b10-7-,11-8-,19-16-,20-17-,26-24-,27-25-,30-29-,36-33-,37-34-. The molecule has 0 radical (unpaired) electrons. The van der Waals surface area contributed by atoms with E-state index in [4.69, 9.17) is 14.2 Å². The van der Waals surface area contributed by atoms with Crippen molar-refractivity contribution >= 4 is 17.9 Å². The molecule has 6 nitrogen and oxygen atoms in total. The van der Waals surface area contributed by atoms with Gasteiger partial charge in [0.05, 0.1) is 0 Å². The highest BCUT2D eigenvalue weighted by atomic mass is 16.6. The van der Waals surface area contributed by atoms with E-state index < -0.39 is 6.10 Å². The van der Waals surface area contributed by atoms with Crippen molar-refractivity contribution in [3.8, 4) is 0 Å². The average Bonchev–Trinajstić information content (AvgIpc) is 3.29. The Morgan fingerprint density at radius 3 is 0.953 bits per heavy atom. The molecule has 0 aliphatic carbocycles. The van der Waals surface area contributed by atoms with Gasteiger partial charge in [0.25, 0.3) is 0 Å². The van der Waals surface area contributed by atoms with Gasteiger partial charge in [0.15, 0.2) is 6.10 Å². The van der Waals surface area contributed by atoms with Crippen molar-refractivity contribution in [3.63, 3.8) is 0 Å². The van der Waals surface area contributed by atoms with Crippen molar-refractivity contribution in [1.82, 2.24) is 0 Å². The van der Waals surface area contributed by atoms with Crippen LogP contribution in [-0.4, -0.2) is 37.2 Å². The van der Waals surface area contributed by atoms with Crippen LogP contribution in [0.25, 0.3) is 0 Å². The minimum Gasteiger partial charge on any atom is -0.462 e. The molecular weight excluding hydrogens is 793 g/mol. The quantitative estimate of drug-likeness (QED) is 0.0262. The van der Waals surface area contributed by atoms with E-state index in [-0.39, 0.29) is 37.5 Å². The Balaban J connectivity index is 4.50. The van der Waals surface area contributed by atoms with Crippen LogP contribution in [-0.2, 0) is 28.6 Å². The van der Waals surface area contributed by atoms with E-state index in [2.05, 4.69) is 130 Å². The highest BCUT2D eigenvalue weighted by Gasteiger charge is 2.19. The van der Waals surface area contributed by atoms with Crippen LogP contribution in [0.15, 0.2) is 109 Å². The molecule has 0 aromatic carbocycles. The summed E-state index contributed by atoms with van der Waals surface area (Å²) in [6.45, 7) is 6.33. The van der Waals surface area contributed by atoms with Gasteiger partial charge in [-0.3, -0.25) is 14.4 Å². The Kier molecular flexibility index (Phi) is 48.5. The van der Waals surface area contributed by atoms with E-state index in [0.29, 0.717) is 12.8 Å². The van der Waals surface area contributed by atoms with Crippen LogP contribution in [0.1, 0.15) is 220 Å². The topological polar surface area (TPSA) is 78.9 Å². The second kappa shape index (κ2) is 51.7. The third kappa shape index (κ3) is 49.1. The Bertz CT molecular complexity index is 1340. The molecule has 0 N–H and O–H groups in total. The molecule has 362 valence electrons. The van der Waals surface area contributed by atoms with Crippen molar-refractivity contribution < 1.29 is 28.6 Å². The summed E-state index contributed by atoms with van der Waals surface area (Å²) in [5.41, 5.74) is 0. The number of hydrogen-bond donors (Lipinski definition) is 0. The lowest BCUT2D eigenvalue weighted by Crippen LogP contribution is -2.30. The molecule has 64 heavy (non-hydrogen) atoms. The lowest BCUT2D eigenvalue weighted by Gasteiger charge is -2.18. The second-order valence-electron chi connectivity index (χ2n) is 16.7. The lowest BCUT2D eigenvalue weighted by molar-refractivity contribution is -0.167. The molecule has 6 heteroatoms. The van der Waals surface area contributed by atoms with Gasteiger partial charge in [0, 0.05) is 19.3 Å². The molecule has 0 saturated heterocycles. The predicted molar refractivity (Wildman–Crippen MR) is 274 cm³/mol. The van der Waals surface area contributed by atoms with Gasteiger partial charge in [0.1, 0.15) is 13.2 Å². The molecule has 0 saturated carbocycles. The molecule has 0 aliphatic heterocycles. The highest BCUT2D eigenvalue weighted by Crippen LogP contribution is 2.13. The normalized spacial score (nSPS) is 13.0. The maximum Gasteiger partial charge on any atom is 0.306 e. The number of hydrogen-bond acceptors (Lipinski definition) is 6. The molecular formula is C58H94O6. The van der Waals surface area contributed by atoms with Crippen molar-refractivity contribution in [3.05, 3.63) is 109 Å². The number of esters is 3. The number of allylic oxidation sites excluding steroid dienone is 18. The maximum absolute atomic E-state index is 12.8. The molecule has 0 amide bonds. The first-order valence-corrected chi connectivity index (χ1v) is 25.9. The number of carbonyl (C=O) groups excluding carboxylic acids is 3. The van der Waals surface area contributed by atoms with Crippen LogP contribution in [0.2, 0.25) is 0 Å². The van der Waals surface area contributed by atoms with Gasteiger partial charge in [-0.25, -0.2) is 0 Å². The third-order valence-electron chi connectivity index (χ3n) is 10.5. The molecule has 0 aromatic heterocycles. The predicted octanol–water partition coefficient (Wildman–Crippen LogP) is 17.1. The fraction of sp³-hybridized carbons (Fsp3) is 0.638. The first-order chi connectivity index (χ1) is 31.5. The molecule has 0 aliphatic rings. The molecule has 0 spiro atoms. The summed E-state index contributed by atoms with van der Waals surface area (Å²) in [5, 5.41) is 0.